The van der Waals surface area contributed by atoms with Crippen LogP contribution in [-0.4, -0.2) is 18.9 Å². The maximum absolute atomic E-state index is 12.4. The van der Waals surface area contributed by atoms with Crippen LogP contribution < -0.4 is 10.2 Å². The molecule has 19 heavy (non-hydrogen) atoms. The minimum atomic E-state index is -0.0136. The normalized spacial score (nSPS) is 26.1. The van der Waals surface area contributed by atoms with Gasteiger partial charge in [0.15, 0.2) is 0 Å². The molecule has 2 atom stereocenters. The third kappa shape index (κ3) is 2.06. The second kappa shape index (κ2) is 4.78. The fourth-order valence-electron chi connectivity index (χ4n) is 3.17. The molecule has 4 nitrogen and oxygen atoms in total. The lowest BCUT2D eigenvalue weighted by atomic mass is 9.96. The number of benzene rings is 1. The summed E-state index contributed by atoms with van der Waals surface area (Å²) in [4.78, 5) is 26.1. The maximum Gasteiger partial charge on any atom is 0.236 e. The number of carbonyl (C=O) groups excluding carboxylic acids is 2. The zero-order chi connectivity index (χ0) is 13.4. The number of hydrogen-bond donors (Lipinski definition) is 1. The Bertz CT molecular complexity index is 505. The van der Waals surface area contributed by atoms with Crippen LogP contribution >= 0.6 is 0 Å². The molecule has 1 saturated carbocycles. The molecule has 4 heteroatoms. The topological polar surface area (TPSA) is 49.4 Å². The van der Waals surface area contributed by atoms with Crippen LogP contribution in [0.15, 0.2) is 24.3 Å². The second-order valence-electron chi connectivity index (χ2n) is 5.42. The van der Waals surface area contributed by atoms with Crippen LogP contribution in [0.4, 0.5) is 5.69 Å². The first-order valence-electron chi connectivity index (χ1n) is 6.82. The summed E-state index contributed by atoms with van der Waals surface area (Å²) in [6.45, 7) is 0.733. The van der Waals surface area contributed by atoms with Crippen LogP contribution in [0.25, 0.3) is 0 Å². The molecule has 0 radical (unpaired) electrons. The lowest BCUT2D eigenvalue weighted by Gasteiger charge is -2.29. The van der Waals surface area contributed by atoms with Crippen LogP contribution in [0.1, 0.15) is 24.8 Å². The minimum Gasteiger partial charge on any atom is -0.316 e. The Morgan fingerprint density at radius 3 is 2.53 bits per heavy atom. The van der Waals surface area contributed by atoms with E-state index < -0.39 is 0 Å². The number of hydrogen-bond acceptors (Lipinski definition) is 3. The predicted octanol–water partition coefficient (Wildman–Crippen LogP) is 1.70. The van der Waals surface area contributed by atoms with Crippen LogP contribution in [0.2, 0.25) is 0 Å². The van der Waals surface area contributed by atoms with Crippen LogP contribution in [0.3, 0.4) is 0 Å². The lowest BCUT2D eigenvalue weighted by molar-refractivity contribution is -0.132. The number of fused-ring (bicyclic) bond motifs is 2. The van der Waals surface area contributed by atoms with E-state index in [9.17, 15) is 9.59 Å². The molecule has 3 rings (SSSR count). The summed E-state index contributed by atoms with van der Waals surface area (Å²) in [7, 11) is 1.88. The average molecular weight is 258 g/mol. The van der Waals surface area contributed by atoms with Gasteiger partial charge in [-0.25, -0.2) is 0 Å². The minimum absolute atomic E-state index is 0.0136. The van der Waals surface area contributed by atoms with Crippen LogP contribution in [-0.2, 0) is 16.1 Å². The molecule has 2 amide bonds. The molecule has 1 N–H and O–H groups in total. The first-order valence-corrected chi connectivity index (χ1v) is 6.82. The second-order valence-corrected chi connectivity index (χ2v) is 5.42. The molecule has 2 bridgehead atoms. The Balaban J connectivity index is 1.94. The zero-order valence-corrected chi connectivity index (χ0v) is 11.1. The van der Waals surface area contributed by atoms with Crippen LogP contribution in [0.5, 0.6) is 0 Å². The molecule has 2 aliphatic rings. The van der Waals surface area contributed by atoms with Gasteiger partial charge in [0.2, 0.25) is 11.8 Å². The molecule has 1 aromatic rings. The van der Waals surface area contributed by atoms with Crippen molar-refractivity contribution in [2.45, 2.75) is 25.8 Å². The van der Waals surface area contributed by atoms with Crippen molar-refractivity contribution < 1.29 is 9.59 Å². The monoisotopic (exact) mass is 258 g/mol. The van der Waals surface area contributed by atoms with Gasteiger partial charge in [-0.1, -0.05) is 12.1 Å². The Morgan fingerprint density at radius 2 is 1.89 bits per heavy atom. The van der Waals surface area contributed by atoms with Crippen molar-refractivity contribution in [3.63, 3.8) is 0 Å². The molecule has 1 saturated heterocycles. The molecule has 100 valence electrons. The average Bonchev–Trinajstić information content (AvgIpc) is 2.85. The number of anilines is 1. The molecule has 1 aromatic carbocycles. The Labute approximate surface area is 112 Å². The van der Waals surface area contributed by atoms with Gasteiger partial charge >= 0.3 is 0 Å². The van der Waals surface area contributed by atoms with Crippen LogP contribution in [0, 0.1) is 11.8 Å². The van der Waals surface area contributed by atoms with Crippen molar-refractivity contribution in [3.05, 3.63) is 29.8 Å². The van der Waals surface area contributed by atoms with Crippen molar-refractivity contribution in [1.29, 1.82) is 0 Å². The van der Waals surface area contributed by atoms with Gasteiger partial charge in [-0.15, -0.1) is 0 Å². The predicted molar refractivity (Wildman–Crippen MR) is 72.5 cm³/mol. The molecule has 2 fully saturated rings. The summed E-state index contributed by atoms with van der Waals surface area (Å²) >= 11 is 0. The Hall–Kier alpha value is -1.68. The number of rotatable bonds is 3. The molecular weight excluding hydrogens is 240 g/mol. The summed E-state index contributed by atoms with van der Waals surface area (Å²) in [6.07, 6.45) is 2.48. The van der Waals surface area contributed by atoms with Gasteiger partial charge < -0.3 is 5.32 Å². The third-order valence-electron chi connectivity index (χ3n) is 4.12. The van der Waals surface area contributed by atoms with Crippen molar-refractivity contribution in [1.82, 2.24) is 5.32 Å². The summed E-state index contributed by atoms with van der Waals surface area (Å²) in [6, 6.07) is 7.67. The van der Waals surface area contributed by atoms with Crippen molar-refractivity contribution in [2.75, 3.05) is 11.9 Å². The molecule has 0 aromatic heterocycles. The summed E-state index contributed by atoms with van der Waals surface area (Å²) in [5.74, 6) is 0.0760. The summed E-state index contributed by atoms with van der Waals surface area (Å²) in [5, 5.41) is 3.08. The van der Waals surface area contributed by atoms with E-state index in [0.717, 1.165) is 37.1 Å². The number of nitrogens with one attached hydrogen (secondary N) is 1. The van der Waals surface area contributed by atoms with Crippen molar-refractivity contribution in [3.8, 4) is 0 Å². The van der Waals surface area contributed by atoms with Gasteiger partial charge in [-0.2, -0.15) is 0 Å². The van der Waals surface area contributed by atoms with E-state index in [1.165, 1.54) is 4.90 Å². The van der Waals surface area contributed by atoms with Crippen molar-refractivity contribution in [2.24, 2.45) is 11.8 Å². The smallest absolute Gasteiger partial charge is 0.236 e. The van der Waals surface area contributed by atoms with Gasteiger partial charge in [-0.3, -0.25) is 14.5 Å². The van der Waals surface area contributed by atoms with Gasteiger partial charge in [0.1, 0.15) is 0 Å². The fourth-order valence-corrected chi connectivity index (χ4v) is 3.17. The summed E-state index contributed by atoms with van der Waals surface area (Å²) in [5.41, 5.74) is 1.80. The largest absolute Gasteiger partial charge is 0.316 e. The number of imide groups is 1. The van der Waals surface area contributed by atoms with Gasteiger partial charge in [0.25, 0.3) is 0 Å². The Kier molecular flexibility index (Phi) is 3.11. The number of nitrogens with zero attached hydrogens (tertiary/aromatic N) is 1. The molecule has 1 heterocycles. The molecule has 0 spiro atoms. The first kappa shape index (κ1) is 12.4. The number of amides is 2. The standard InChI is InChI=1S/C15H18N2O2/c1-16-9-10-3-2-4-13(7-10)17-14(18)11-5-6-12(8-11)15(17)19/h2-4,7,11-12,16H,5-6,8-9H2,1H3. The molecule has 1 aliphatic heterocycles. The zero-order valence-electron chi connectivity index (χ0n) is 11.1. The highest BCUT2D eigenvalue weighted by atomic mass is 16.2. The SMILES string of the molecule is CNCc1cccc(N2C(=O)C3CCC(C3)C2=O)c1. The molecular formula is C15H18N2O2. The highest BCUT2D eigenvalue weighted by Gasteiger charge is 2.45. The quantitative estimate of drug-likeness (QED) is 0.839. The maximum atomic E-state index is 12.4. The number of carbonyl (C=O) groups is 2. The van der Waals surface area contributed by atoms with Gasteiger partial charge in [-0.05, 0) is 44.0 Å². The van der Waals surface area contributed by atoms with E-state index in [0.29, 0.717) is 0 Å². The van der Waals surface area contributed by atoms with E-state index in [2.05, 4.69) is 5.32 Å². The van der Waals surface area contributed by atoms with Crippen molar-refractivity contribution >= 4 is 17.5 Å². The van der Waals surface area contributed by atoms with E-state index in [1.807, 2.05) is 31.3 Å². The molecule has 1 aliphatic carbocycles. The van der Waals surface area contributed by atoms with E-state index in [4.69, 9.17) is 0 Å². The summed E-state index contributed by atoms with van der Waals surface area (Å²) < 4.78 is 0. The highest BCUT2D eigenvalue weighted by molar-refractivity contribution is 6.18. The fraction of sp³-hybridized carbons (Fsp3) is 0.467. The highest BCUT2D eigenvalue weighted by Crippen LogP contribution is 2.40. The lowest BCUT2D eigenvalue weighted by Crippen LogP contribution is -2.46. The van der Waals surface area contributed by atoms with E-state index in [1.54, 1.807) is 0 Å². The third-order valence-corrected chi connectivity index (χ3v) is 4.12. The Morgan fingerprint density at radius 1 is 1.21 bits per heavy atom. The van der Waals surface area contributed by atoms with E-state index in [-0.39, 0.29) is 23.7 Å². The first-order chi connectivity index (χ1) is 9.20. The van der Waals surface area contributed by atoms with Gasteiger partial charge in [0.05, 0.1) is 5.69 Å². The number of piperidine rings is 1. The molecule has 2 unspecified atom stereocenters. The van der Waals surface area contributed by atoms with Gasteiger partial charge in [0, 0.05) is 18.4 Å². The van der Waals surface area contributed by atoms with E-state index >= 15 is 0 Å².